The molecule has 1 heterocycles. The molecule has 3 aromatic rings. The second-order valence-corrected chi connectivity index (χ2v) is 8.56. The number of rotatable bonds is 4. The van der Waals surface area contributed by atoms with E-state index in [1.807, 2.05) is 6.92 Å². The van der Waals surface area contributed by atoms with Gasteiger partial charge in [0, 0.05) is 17.1 Å². The molecule has 0 saturated carbocycles. The van der Waals surface area contributed by atoms with Crippen molar-refractivity contribution in [3.8, 4) is 5.75 Å². The molecule has 0 amide bonds. The Labute approximate surface area is 204 Å². The maximum Gasteiger partial charge on any atom is 0.490 e. The Morgan fingerprint density at radius 2 is 1.46 bits per heavy atom. The van der Waals surface area contributed by atoms with Gasteiger partial charge in [0.1, 0.15) is 10.6 Å². The molecule has 16 heteroatoms. The van der Waals surface area contributed by atoms with Gasteiger partial charge in [-0.3, -0.25) is 4.79 Å². The largest absolute Gasteiger partial charge is 0.495 e. The monoisotopic (exact) mass is 557 g/mol. The number of aromatic nitrogens is 1. The molecule has 2 aromatic carbocycles. The number of methoxy groups -OCH3 is 1. The number of nitrogens with zero attached hydrogens (tertiary/aromatic N) is 1. The van der Waals surface area contributed by atoms with Gasteiger partial charge in [-0.2, -0.15) is 26.3 Å². The molecule has 0 aliphatic heterocycles. The van der Waals surface area contributed by atoms with E-state index in [0.717, 1.165) is 5.56 Å². The van der Waals surface area contributed by atoms with Gasteiger partial charge in [0.25, 0.3) is 10.0 Å². The summed E-state index contributed by atoms with van der Waals surface area (Å²) in [6.07, 6.45) is -8.00. The molecule has 0 bridgehead atoms. The Morgan fingerprint density at radius 1 is 0.946 bits per heavy atom. The standard InChI is InChI=1S/C17H15NO4S.2C2HF3O2/c1-12-6-7-16(22-2)17(10-12)23(20,21)18-9-8-14-13(11-19)4-3-5-15(14)18;2*3-2(4,5)1(6)7/h3-11H,1-2H3;2*(H,6,7). The van der Waals surface area contributed by atoms with Gasteiger partial charge in [-0.25, -0.2) is 22.0 Å². The molecule has 37 heavy (non-hydrogen) atoms. The van der Waals surface area contributed by atoms with Crippen molar-refractivity contribution in [3.63, 3.8) is 0 Å². The Bertz CT molecular complexity index is 1370. The molecule has 9 nitrogen and oxygen atoms in total. The molecule has 0 saturated heterocycles. The van der Waals surface area contributed by atoms with E-state index >= 15 is 0 Å². The fourth-order valence-corrected chi connectivity index (χ4v) is 4.16. The number of aliphatic carboxylic acids is 2. The van der Waals surface area contributed by atoms with Crippen molar-refractivity contribution in [1.29, 1.82) is 0 Å². The van der Waals surface area contributed by atoms with Crippen molar-refractivity contribution in [2.24, 2.45) is 0 Å². The fourth-order valence-electron chi connectivity index (χ4n) is 2.57. The van der Waals surface area contributed by atoms with Crippen molar-refractivity contribution >= 4 is 39.2 Å². The van der Waals surface area contributed by atoms with Crippen LogP contribution < -0.4 is 4.74 Å². The first-order chi connectivity index (χ1) is 16.9. The van der Waals surface area contributed by atoms with E-state index in [9.17, 15) is 39.6 Å². The second kappa shape index (κ2) is 11.8. The van der Waals surface area contributed by atoms with Gasteiger partial charge in [0.2, 0.25) is 0 Å². The van der Waals surface area contributed by atoms with E-state index in [1.54, 1.807) is 42.5 Å². The van der Waals surface area contributed by atoms with Gasteiger partial charge < -0.3 is 14.9 Å². The highest BCUT2D eigenvalue weighted by Crippen LogP contribution is 2.30. The van der Waals surface area contributed by atoms with Crippen molar-refractivity contribution in [2.45, 2.75) is 24.2 Å². The molecule has 0 unspecified atom stereocenters. The third-order valence-corrected chi connectivity index (χ3v) is 5.91. The average molecular weight is 557 g/mol. The highest BCUT2D eigenvalue weighted by atomic mass is 32.2. The normalized spacial score (nSPS) is 11.5. The Morgan fingerprint density at radius 3 is 1.89 bits per heavy atom. The van der Waals surface area contributed by atoms with E-state index in [2.05, 4.69) is 0 Å². The number of fused-ring (bicyclic) bond motifs is 1. The highest BCUT2D eigenvalue weighted by Gasteiger charge is 2.38. The number of benzene rings is 2. The summed E-state index contributed by atoms with van der Waals surface area (Å²) < 4.78 is 95.9. The summed E-state index contributed by atoms with van der Waals surface area (Å²) >= 11 is 0. The van der Waals surface area contributed by atoms with Crippen LogP contribution in [-0.4, -0.2) is 60.3 Å². The van der Waals surface area contributed by atoms with E-state index in [-0.39, 0.29) is 10.6 Å². The van der Waals surface area contributed by atoms with Crippen LogP contribution in [0.1, 0.15) is 15.9 Å². The van der Waals surface area contributed by atoms with Crippen molar-refractivity contribution in [1.82, 2.24) is 3.97 Å². The van der Waals surface area contributed by atoms with Crippen molar-refractivity contribution in [3.05, 3.63) is 59.8 Å². The first kappa shape index (κ1) is 31.0. The molecule has 0 aliphatic carbocycles. The number of carboxylic acid groups (broad SMARTS) is 2. The fraction of sp³-hybridized carbons (Fsp3) is 0.190. The van der Waals surface area contributed by atoms with Crippen LogP contribution in [0, 0.1) is 6.92 Å². The van der Waals surface area contributed by atoms with Gasteiger partial charge in [-0.15, -0.1) is 0 Å². The smallest absolute Gasteiger partial charge is 0.490 e. The number of ether oxygens (including phenoxy) is 1. The molecule has 202 valence electrons. The van der Waals surface area contributed by atoms with Crippen molar-refractivity contribution < 1.29 is 64.1 Å². The van der Waals surface area contributed by atoms with Crippen LogP contribution in [0.25, 0.3) is 10.9 Å². The van der Waals surface area contributed by atoms with Crippen LogP contribution in [0.3, 0.4) is 0 Å². The van der Waals surface area contributed by atoms with Crippen LogP contribution in [0.5, 0.6) is 5.75 Å². The predicted octanol–water partition coefficient (Wildman–Crippen LogP) is 4.27. The first-order valence-corrected chi connectivity index (χ1v) is 10.9. The average Bonchev–Trinajstić information content (AvgIpc) is 3.24. The lowest BCUT2D eigenvalue weighted by atomic mass is 10.1. The predicted molar refractivity (Wildman–Crippen MR) is 115 cm³/mol. The summed E-state index contributed by atoms with van der Waals surface area (Å²) in [6, 6.07) is 11.6. The van der Waals surface area contributed by atoms with Gasteiger partial charge in [-0.1, -0.05) is 18.2 Å². The molecular weight excluding hydrogens is 540 g/mol. The summed E-state index contributed by atoms with van der Waals surface area (Å²) in [5.41, 5.74) is 1.72. The molecule has 3 rings (SSSR count). The van der Waals surface area contributed by atoms with E-state index < -0.39 is 34.3 Å². The third-order valence-electron chi connectivity index (χ3n) is 4.20. The Hall–Kier alpha value is -4.08. The number of aldehydes is 1. The van der Waals surface area contributed by atoms with Crippen LogP contribution in [0.15, 0.2) is 53.6 Å². The van der Waals surface area contributed by atoms with Crippen LogP contribution in [0.4, 0.5) is 26.3 Å². The van der Waals surface area contributed by atoms with Gasteiger partial charge in [0.05, 0.1) is 12.6 Å². The minimum Gasteiger partial charge on any atom is -0.495 e. The maximum atomic E-state index is 13.0. The van der Waals surface area contributed by atoms with Crippen LogP contribution >= 0.6 is 0 Å². The first-order valence-electron chi connectivity index (χ1n) is 9.43. The van der Waals surface area contributed by atoms with Crippen LogP contribution in [-0.2, 0) is 19.6 Å². The SMILES string of the molecule is COc1ccc(C)cc1S(=O)(=O)n1ccc2c(C=O)cccc21.O=C(O)C(F)(F)F.O=C(O)C(F)(F)F. The molecule has 0 aliphatic rings. The van der Waals surface area contributed by atoms with Gasteiger partial charge >= 0.3 is 24.3 Å². The summed E-state index contributed by atoms with van der Waals surface area (Å²) in [6.45, 7) is 1.82. The number of alkyl halides is 6. The zero-order valence-electron chi connectivity index (χ0n) is 18.7. The number of carbonyl (C=O) groups is 3. The Balaban J connectivity index is 0.000000404. The van der Waals surface area contributed by atoms with E-state index in [4.69, 9.17) is 24.5 Å². The minimum atomic E-state index is -5.08. The summed E-state index contributed by atoms with van der Waals surface area (Å²) in [5.74, 6) is -5.23. The van der Waals surface area contributed by atoms with Crippen molar-refractivity contribution in [2.75, 3.05) is 7.11 Å². The van der Waals surface area contributed by atoms with Crippen LogP contribution in [0.2, 0.25) is 0 Å². The molecule has 0 radical (unpaired) electrons. The maximum absolute atomic E-state index is 13.0. The molecule has 0 atom stereocenters. The third kappa shape index (κ3) is 7.96. The zero-order chi connectivity index (χ0) is 28.8. The molecule has 1 aromatic heterocycles. The lowest BCUT2D eigenvalue weighted by Gasteiger charge is -2.12. The number of carboxylic acids is 2. The summed E-state index contributed by atoms with van der Waals surface area (Å²) in [7, 11) is -2.40. The molecule has 0 fully saturated rings. The highest BCUT2D eigenvalue weighted by molar-refractivity contribution is 7.90. The number of halogens is 6. The van der Waals surface area contributed by atoms with Gasteiger partial charge in [-0.05, 0) is 36.8 Å². The topological polar surface area (TPSA) is 140 Å². The lowest BCUT2D eigenvalue weighted by Crippen LogP contribution is -2.21. The van der Waals surface area contributed by atoms with E-state index in [1.165, 1.54) is 17.3 Å². The Kier molecular flexibility index (Phi) is 9.85. The zero-order valence-corrected chi connectivity index (χ0v) is 19.5. The summed E-state index contributed by atoms with van der Waals surface area (Å²) in [4.78, 5) is 29.0. The van der Waals surface area contributed by atoms with Gasteiger partial charge in [0.15, 0.2) is 6.29 Å². The lowest BCUT2D eigenvalue weighted by molar-refractivity contribution is -0.193. The number of hydrogen-bond acceptors (Lipinski definition) is 6. The number of aryl methyl sites for hydroxylation is 1. The second-order valence-electron chi connectivity index (χ2n) is 6.77. The molecule has 0 spiro atoms. The van der Waals surface area contributed by atoms with E-state index in [0.29, 0.717) is 22.8 Å². The summed E-state index contributed by atoms with van der Waals surface area (Å²) in [5, 5.41) is 14.8. The minimum absolute atomic E-state index is 0.0917. The number of hydrogen-bond donors (Lipinski definition) is 2. The molecule has 2 N–H and O–H groups in total. The molecular formula is C21H17F6NO8S. The number of carbonyl (C=O) groups excluding carboxylic acids is 1. The quantitative estimate of drug-likeness (QED) is 0.358.